The predicted octanol–water partition coefficient (Wildman–Crippen LogP) is 1.76. The van der Waals surface area contributed by atoms with Crippen molar-refractivity contribution < 1.29 is 13.2 Å². The van der Waals surface area contributed by atoms with E-state index in [2.05, 4.69) is 0 Å². The van der Waals surface area contributed by atoms with Crippen LogP contribution < -0.4 is 0 Å². The number of nitrogens with zero attached hydrogens (tertiary/aromatic N) is 1. The second kappa shape index (κ2) is 4.44. The van der Waals surface area contributed by atoms with Crippen LogP contribution in [0.25, 0.3) is 0 Å². The maximum absolute atomic E-state index is 12.1. The van der Waals surface area contributed by atoms with Crippen LogP contribution in [0.3, 0.4) is 0 Å². The van der Waals surface area contributed by atoms with Crippen molar-refractivity contribution >= 4 is 38.7 Å². The third kappa shape index (κ3) is 2.29. The lowest BCUT2D eigenvalue weighted by molar-refractivity contribution is -0.120. The first-order chi connectivity index (χ1) is 7.50. The Morgan fingerprint density at radius 1 is 1.25 bits per heavy atom. The van der Waals surface area contributed by atoms with Gasteiger partial charge in [-0.25, -0.2) is 8.42 Å². The van der Waals surface area contributed by atoms with Gasteiger partial charge in [-0.15, -0.1) is 11.3 Å². The van der Waals surface area contributed by atoms with Gasteiger partial charge in [0.1, 0.15) is 9.99 Å². The van der Waals surface area contributed by atoms with Crippen LogP contribution in [0.4, 0.5) is 0 Å². The maximum Gasteiger partial charge on any atom is 0.252 e. The van der Waals surface area contributed by atoms with E-state index in [0.717, 1.165) is 11.3 Å². The van der Waals surface area contributed by atoms with Crippen molar-refractivity contribution in [2.24, 2.45) is 0 Å². The Labute approximate surface area is 103 Å². The van der Waals surface area contributed by atoms with Crippen LogP contribution in [-0.4, -0.2) is 31.6 Å². The van der Waals surface area contributed by atoms with Crippen molar-refractivity contribution in [1.82, 2.24) is 4.31 Å². The molecule has 0 N–H and O–H groups in total. The number of hydrogen-bond acceptors (Lipinski definition) is 4. The van der Waals surface area contributed by atoms with E-state index < -0.39 is 10.0 Å². The Bertz CT molecular complexity index is 499. The molecule has 0 saturated carbocycles. The van der Waals surface area contributed by atoms with Crippen molar-refractivity contribution in [3.05, 3.63) is 16.5 Å². The molecule has 1 aliphatic heterocycles. The average Bonchev–Trinajstić information content (AvgIpc) is 2.66. The molecule has 0 spiro atoms. The van der Waals surface area contributed by atoms with Crippen molar-refractivity contribution in [3.63, 3.8) is 0 Å². The minimum Gasteiger partial charge on any atom is -0.300 e. The summed E-state index contributed by atoms with van der Waals surface area (Å²) in [5.74, 6) is 0.121. The van der Waals surface area contributed by atoms with E-state index in [9.17, 15) is 13.2 Å². The third-order valence-corrected chi connectivity index (χ3v) is 6.02. The molecule has 0 unspecified atom stereocenters. The van der Waals surface area contributed by atoms with Crippen LogP contribution in [0.5, 0.6) is 0 Å². The molecule has 88 valence electrons. The van der Waals surface area contributed by atoms with E-state index in [4.69, 9.17) is 11.6 Å². The number of hydrogen-bond donors (Lipinski definition) is 0. The Hall–Kier alpha value is -0.430. The topological polar surface area (TPSA) is 54.5 Å². The van der Waals surface area contributed by atoms with E-state index in [0.29, 0.717) is 17.2 Å². The highest BCUT2D eigenvalue weighted by Gasteiger charge is 2.29. The highest BCUT2D eigenvalue weighted by atomic mass is 35.5. The van der Waals surface area contributed by atoms with Crippen LogP contribution in [0.1, 0.15) is 12.8 Å². The molecule has 2 heterocycles. The van der Waals surface area contributed by atoms with Crippen LogP contribution in [0.15, 0.2) is 16.3 Å². The average molecular weight is 280 g/mol. The zero-order valence-corrected chi connectivity index (χ0v) is 10.7. The fourth-order valence-electron chi connectivity index (χ4n) is 1.54. The molecule has 7 heteroatoms. The molecule has 0 aromatic carbocycles. The molecule has 1 aliphatic rings. The molecule has 1 aromatic heterocycles. The van der Waals surface area contributed by atoms with Gasteiger partial charge in [-0.1, -0.05) is 11.6 Å². The standard InChI is InChI=1S/C9H10ClNO3S2/c10-8-1-2-9(15-8)16(13,14)11-5-3-7(12)4-6-11/h1-2H,3-6H2. The summed E-state index contributed by atoms with van der Waals surface area (Å²) in [6.45, 7) is 0.549. The number of ketones is 1. The van der Waals surface area contributed by atoms with Gasteiger partial charge in [0.15, 0.2) is 0 Å². The molecule has 0 amide bonds. The predicted molar refractivity (Wildman–Crippen MR) is 62.3 cm³/mol. The van der Waals surface area contributed by atoms with Gasteiger partial charge in [0.2, 0.25) is 0 Å². The van der Waals surface area contributed by atoms with Gasteiger partial charge < -0.3 is 0 Å². The fraction of sp³-hybridized carbons (Fsp3) is 0.444. The molecule has 1 aromatic rings. The van der Waals surface area contributed by atoms with Gasteiger partial charge in [-0.2, -0.15) is 4.31 Å². The van der Waals surface area contributed by atoms with Crippen molar-refractivity contribution in [3.8, 4) is 0 Å². The zero-order valence-electron chi connectivity index (χ0n) is 8.35. The van der Waals surface area contributed by atoms with Gasteiger partial charge in [-0.05, 0) is 12.1 Å². The Kier molecular flexibility index (Phi) is 3.34. The summed E-state index contributed by atoms with van der Waals surface area (Å²) in [4.78, 5) is 11.0. The van der Waals surface area contributed by atoms with Crippen molar-refractivity contribution in [1.29, 1.82) is 0 Å². The number of thiophene rings is 1. The third-order valence-electron chi connectivity index (χ3n) is 2.42. The monoisotopic (exact) mass is 279 g/mol. The minimum absolute atomic E-state index is 0.121. The first-order valence-electron chi connectivity index (χ1n) is 4.77. The second-order valence-electron chi connectivity index (χ2n) is 3.50. The highest BCUT2D eigenvalue weighted by Crippen LogP contribution is 2.29. The zero-order chi connectivity index (χ0) is 11.8. The van der Waals surface area contributed by atoms with Gasteiger partial charge in [0, 0.05) is 25.9 Å². The first kappa shape index (κ1) is 12.0. The quantitative estimate of drug-likeness (QED) is 0.829. The van der Waals surface area contributed by atoms with E-state index in [1.807, 2.05) is 0 Å². The normalized spacial score (nSPS) is 18.9. The number of piperidine rings is 1. The molecule has 0 radical (unpaired) electrons. The van der Waals surface area contributed by atoms with Gasteiger partial charge >= 0.3 is 0 Å². The van der Waals surface area contributed by atoms with Crippen molar-refractivity contribution in [2.75, 3.05) is 13.1 Å². The smallest absolute Gasteiger partial charge is 0.252 e. The number of halogens is 1. The van der Waals surface area contributed by atoms with Crippen molar-refractivity contribution in [2.45, 2.75) is 17.1 Å². The lowest BCUT2D eigenvalue weighted by atomic mass is 10.1. The van der Waals surface area contributed by atoms with Crippen LogP contribution in [-0.2, 0) is 14.8 Å². The van der Waals surface area contributed by atoms with Crippen LogP contribution in [0, 0.1) is 0 Å². The number of carbonyl (C=O) groups is 1. The van der Waals surface area contributed by atoms with Gasteiger partial charge in [0.05, 0.1) is 4.34 Å². The molecule has 0 bridgehead atoms. The molecule has 1 fully saturated rings. The number of carbonyl (C=O) groups excluding carboxylic acids is 1. The molecular formula is C9H10ClNO3S2. The molecule has 0 atom stereocenters. The Balaban J connectivity index is 2.23. The fourth-order valence-corrected chi connectivity index (χ4v) is 4.62. The van der Waals surface area contributed by atoms with E-state index in [1.54, 1.807) is 6.07 Å². The number of sulfonamides is 1. The largest absolute Gasteiger partial charge is 0.300 e. The molecular weight excluding hydrogens is 270 g/mol. The van der Waals surface area contributed by atoms with Gasteiger partial charge in [0.25, 0.3) is 10.0 Å². The summed E-state index contributed by atoms with van der Waals surface area (Å²) in [6.07, 6.45) is 0.608. The minimum atomic E-state index is -3.45. The summed E-state index contributed by atoms with van der Waals surface area (Å²) in [5.41, 5.74) is 0. The summed E-state index contributed by atoms with van der Waals surface area (Å²) in [5, 5.41) is 0. The molecule has 2 rings (SSSR count). The number of Topliss-reactive ketones (excluding diaryl/α,β-unsaturated/α-hetero) is 1. The lowest BCUT2D eigenvalue weighted by Crippen LogP contribution is -2.38. The highest BCUT2D eigenvalue weighted by molar-refractivity contribution is 7.91. The molecule has 4 nitrogen and oxygen atoms in total. The van der Waals surface area contributed by atoms with E-state index in [1.165, 1.54) is 10.4 Å². The summed E-state index contributed by atoms with van der Waals surface area (Å²) in [7, 11) is -3.45. The summed E-state index contributed by atoms with van der Waals surface area (Å²) >= 11 is 6.75. The van der Waals surface area contributed by atoms with E-state index in [-0.39, 0.29) is 23.1 Å². The first-order valence-corrected chi connectivity index (χ1v) is 7.41. The second-order valence-corrected chi connectivity index (χ2v) is 7.38. The maximum atomic E-state index is 12.1. The van der Waals surface area contributed by atoms with Crippen LogP contribution in [0.2, 0.25) is 4.34 Å². The number of rotatable bonds is 2. The molecule has 1 saturated heterocycles. The summed E-state index contributed by atoms with van der Waals surface area (Å²) < 4.78 is 26.2. The molecule has 16 heavy (non-hydrogen) atoms. The Morgan fingerprint density at radius 3 is 2.38 bits per heavy atom. The van der Waals surface area contributed by atoms with E-state index >= 15 is 0 Å². The molecule has 0 aliphatic carbocycles. The van der Waals surface area contributed by atoms with Gasteiger partial charge in [-0.3, -0.25) is 4.79 Å². The Morgan fingerprint density at radius 2 is 1.88 bits per heavy atom. The lowest BCUT2D eigenvalue weighted by Gasteiger charge is -2.24. The van der Waals surface area contributed by atoms with Crippen LogP contribution >= 0.6 is 22.9 Å². The SMILES string of the molecule is O=C1CCN(S(=O)(=O)c2ccc(Cl)s2)CC1. The summed E-state index contributed by atoms with van der Waals surface area (Å²) in [6, 6.07) is 3.06.